The first kappa shape index (κ1) is 11.2. The lowest BCUT2D eigenvalue weighted by molar-refractivity contribution is 0.753. The zero-order valence-corrected chi connectivity index (χ0v) is 9.82. The summed E-state index contributed by atoms with van der Waals surface area (Å²) in [4.78, 5) is 0. The summed E-state index contributed by atoms with van der Waals surface area (Å²) in [6.07, 6.45) is 2.13. The van der Waals surface area contributed by atoms with Gasteiger partial charge in [-0.25, -0.2) is 0 Å². The van der Waals surface area contributed by atoms with Crippen molar-refractivity contribution in [3.8, 4) is 0 Å². The second-order valence-electron chi connectivity index (χ2n) is 3.94. The van der Waals surface area contributed by atoms with E-state index >= 15 is 0 Å². The van der Waals surface area contributed by atoms with Crippen LogP contribution in [0.3, 0.4) is 0 Å². The second kappa shape index (κ2) is 4.60. The summed E-state index contributed by atoms with van der Waals surface area (Å²) >= 11 is 1.86. The highest BCUT2D eigenvalue weighted by atomic mass is 32.2. The standard InChI is InChI=1S/C11H18N2S/c1-11(2,14-3)8-13-10-6-4-9(12)5-7-10/h4-7,13H,8,12H2,1-3H3. The molecule has 0 unspecified atom stereocenters. The van der Waals surface area contributed by atoms with Crippen LogP contribution in [0.15, 0.2) is 24.3 Å². The molecule has 0 aromatic heterocycles. The third kappa shape index (κ3) is 3.50. The summed E-state index contributed by atoms with van der Waals surface area (Å²) in [7, 11) is 0. The quantitative estimate of drug-likeness (QED) is 0.750. The van der Waals surface area contributed by atoms with E-state index in [4.69, 9.17) is 5.73 Å². The van der Waals surface area contributed by atoms with E-state index in [1.807, 2.05) is 36.0 Å². The molecule has 0 spiro atoms. The highest BCUT2D eigenvalue weighted by molar-refractivity contribution is 7.99. The number of thioether (sulfide) groups is 1. The van der Waals surface area contributed by atoms with E-state index in [2.05, 4.69) is 25.4 Å². The molecule has 0 heterocycles. The Kier molecular flexibility index (Phi) is 3.69. The molecule has 0 aliphatic carbocycles. The van der Waals surface area contributed by atoms with Crippen molar-refractivity contribution in [2.45, 2.75) is 18.6 Å². The lowest BCUT2D eigenvalue weighted by Crippen LogP contribution is -2.25. The van der Waals surface area contributed by atoms with Crippen LogP contribution < -0.4 is 11.1 Å². The van der Waals surface area contributed by atoms with Gasteiger partial charge in [-0.2, -0.15) is 11.8 Å². The van der Waals surface area contributed by atoms with E-state index in [0.717, 1.165) is 17.9 Å². The van der Waals surface area contributed by atoms with Gasteiger partial charge in [0.2, 0.25) is 0 Å². The van der Waals surface area contributed by atoms with Gasteiger partial charge in [0.25, 0.3) is 0 Å². The van der Waals surface area contributed by atoms with E-state index in [-0.39, 0.29) is 4.75 Å². The van der Waals surface area contributed by atoms with Crippen molar-refractivity contribution in [1.29, 1.82) is 0 Å². The number of nitrogen functional groups attached to an aromatic ring is 1. The SMILES string of the molecule is CSC(C)(C)CNc1ccc(N)cc1. The molecule has 78 valence electrons. The number of benzene rings is 1. The predicted molar refractivity (Wildman–Crippen MR) is 66.9 cm³/mol. The van der Waals surface area contributed by atoms with Crippen LogP contribution in [0.2, 0.25) is 0 Å². The van der Waals surface area contributed by atoms with Crippen LogP contribution in [-0.4, -0.2) is 17.5 Å². The molecular weight excluding hydrogens is 192 g/mol. The van der Waals surface area contributed by atoms with Crippen molar-refractivity contribution < 1.29 is 0 Å². The Labute approximate surface area is 90.3 Å². The number of rotatable bonds is 4. The first-order valence-electron chi connectivity index (χ1n) is 4.68. The van der Waals surface area contributed by atoms with Crippen LogP contribution >= 0.6 is 11.8 Å². The van der Waals surface area contributed by atoms with Crippen molar-refractivity contribution >= 4 is 23.1 Å². The Morgan fingerprint density at radius 2 is 1.86 bits per heavy atom. The molecule has 0 bridgehead atoms. The molecule has 0 saturated carbocycles. The van der Waals surface area contributed by atoms with Gasteiger partial charge in [0, 0.05) is 22.7 Å². The molecule has 3 heteroatoms. The Bertz CT molecular complexity index is 280. The molecular formula is C11H18N2S. The zero-order chi connectivity index (χ0) is 10.6. The van der Waals surface area contributed by atoms with Gasteiger partial charge in [-0.05, 0) is 44.4 Å². The molecule has 0 amide bonds. The molecule has 1 aromatic carbocycles. The summed E-state index contributed by atoms with van der Waals surface area (Å²) in [5, 5.41) is 3.39. The maximum Gasteiger partial charge on any atom is 0.0342 e. The van der Waals surface area contributed by atoms with Gasteiger partial charge < -0.3 is 11.1 Å². The third-order valence-electron chi connectivity index (χ3n) is 2.18. The molecule has 3 N–H and O–H groups in total. The van der Waals surface area contributed by atoms with E-state index in [1.54, 1.807) is 0 Å². The zero-order valence-electron chi connectivity index (χ0n) is 9.00. The Balaban J connectivity index is 2.50. The monoisotopic (exact) mass is 210 g/mol. The number of hydrogen-bond acceptors (Lipinski definition) is 3. The van der Waals surface area contributed by atoms with Crippen molar-refractivity contribution in [1.82, 2.24) is 0 Å². The Morgan fingerprint density at radius 1 is 1.29 bits per heavy atom. The largest absolute Gasteiger partial charge is 0.399 e. The normalized spacial score (nSPS) is 11.4. The molecule has 0 aliphatic rings. The fraction of sp³-hybridized carbons (Fsp3) is 0.455. The van der Waals surface area contributed by atoms with Crippen LogP contribution in [-0.2, 0) is 0 Å². The molecule has 2 nitrogen and oxygen atoms in total. The van der Waals surface area contributed by atoms with Gasteiger partial charge in [0.05, 0.1) is 0 Å². The number of hydrogen-bond donors (Lipinski definition) is 2. The highest BCUT2D eigenvalue weighted by Gasteiger charge is 2.14. The summed E-state index contributed by atoms with van der Waals surface area (Å²) in [5.41, 5.74) is 7.53. The number of nitrogens with two attached hydrogens (primary N) is 1. The minimum atomic E-state index is 0.265. The first-order chi connectivity index (χ1) is 6.53. The van der Waals surface area contributed by atoms with Crippen LogP contribution in [0.25, 0.3) is 0 Å². The number of nitrogens with one attached hydrogen (secondary N) is 1. The summed E-state index contributed by atoms with van der Waals surface area (Å²) in [6.45, 7) is 5.40. The maximum atomic E-state index is 5.60. The maximum absolute atomic E-state index is 5.60. The van der Waals surface area contributed by atoms with Crippen LogP contribution in [0.4, 0.5) is 11.4 Å². The van der Waals surface area contributed by atoms with E-state index in [0.29, 0.717) is 0 Å². The van der Waals surface area contributed by atoms with Gasteiger partial charge >= 0.3 is 0 Å². The fourth-order valence-electron chi connectivity index (χ4n) is 0.988. The third-order valence-corrected chi connectivity index (χ3v) is 3.43. The molecule has 0 atom stereocenters. The Hall–Kier alpha value is -0.830. The van der Waals surface area contributed by atoms with Gasteiger partial charge in [-0.1, -0.05) is 0 Å². The average molecular weight is 210 g/mol. The highest BCUT2D eigenvalue weighted by Crippen LogP contribution is 2.21. The van der Waals surface area contributed by atoms with Gasteiger partial charge in [0.1, 0.15) is 0 Å². The summed E-state index contributed by atoms with van der Waals surface area (Å²) < 4.78 is 0.265. The topological polar surface area (TPSA) is 38.0 Å². The minimum Gasteiger partial charge on any atom is -0.399 e. The van der Waals surface area contributed by atoms with Crippen LogP contribution in [0, 0.1) is 0 Å². The van der Waals surface area contributed by atoms with Gasteiger partial charge in [0.15, 0.2) is 0 Å². The lowest BCUT2D eigenvalue weighted by atomic mass is 10.2. The van der Waals surface area contributed by atoms with E-state index in [9.17, 15) is 0 Å². The number of anilines is 2. The smallest absolute Gasteiger partial charge is 0.0342 e. The molecule has 1 rings (SSSR count). The predicted octanol–water partition coefficient (Wildman–Crippen LogP) is 2.82. The molecule has 0 fully saturated rings. The Morgan fingerprint density at radius 3 is 2.36 bits per heavy atom. The summed E-state index contributed by atoms with van der Waals surface area (Å²) in [5.74, 6) is 0. The first-order valence-corrected chi connectivity index (χ1v) is 5.90. The molecule has 1 aromatic rings. The molecule has 14 heavy (non-hydrogen) atoms. The molecule has 0 aliphatic heterocycles. The second-order valence-corrected chi connectivity index (χ2v) is 5.45. The van der Waals surface area contributed by atoms with Gasteiger partial charge in [-0.3, -0.25) is 0 Å². The van der Waals surface area contributed by atoms with Crippen molar-refractivity contribution in [2.24, 2.45) is 0 Å². The van der Waals surface area contributed by atoms with E-state index < -0.39 is 0 Å². The molecule has 0 radical (unpaired) electrons. The van der Waals surface area contributed by atoms with E-state index in [1.165, 1.54) is 0 Å². The van der Waals surface area contributed by atoms with Gasteiger partial charge in [-0.15, -0.1) is 0 Å². The minimum absolute atomic E-state index is 0.265. The average Bonchev–Trinajstić information content (AvgIpc) is 2.17. The van der Waals surface area contributed by atoms with Crippen molar-refractivity contribution in [3.63, 3.8) is 0 Å². The van der Waals surface area contributed by atoms with Crippen LogP contribution in [0.1, 0.15) is 13.8 Å². The van der Waals surface area contributed by atoms with Crippen molar-refractivity contribution in [2.75, 3.05) is 23.9 Å². The molecule has 0 saturated heterocycles. The lowest BCUT2D eigenvalue weighted by Gasteiger charge is -2.22. The summed E-state index contributed by atoms with van der Waals surface area (Å²) in [6, 6.07) is 7.83. The van der Waals surface area contributed by atoms with Crippen LogP contribution in [0.5, 0.6) is 0 Å². The van der Waals surface area contributed by atoms with Crippen molar-refractivity contribution in [3.05, 3.63) is 24.3 Å². The fourth-order valence-corrected chi connectivity index (χ4v) is 1.20.